The number of carbonyl (C=O) groups is 1. The summed E-state index contributed by atoms with van der Waals surface area (Å²) in [7, 11) is 1.65. The summed E-state index contributed by atoms with van der Waals surface area (Å²) in [6, 6.07) is 15.7. The Morgan fingerprint density at radius 1 is 0.939 bits per heavy atom. The maximum absolute atomic E-state index is 12.7. The van der Waals surface area contributed by atoms with Crippen LogP contribution in [0.2, 0.25) is 0 Å². The van der Waals surface area contributed by atoms with Gasteiger partial charge in [0.2, 0.25) is 5.95 Å². The summed E-state index contributed by atoms with van der Waals surface area (Å²) in [6.07, 6.45) is 3.55. The Balaban J connectivity index is 1.35. The van der Waals surface area contributed by atoms with Crippen molar-refractivity contribution in [2.45, 2.75) is 19.9 Å². The van der Waals surface area contributed by atoms with Crippen LogP contribution in [0, 0.1) is 0 Å². The van der Waals surface area contributed by atoms with Crippen LogP contribution in [0.4, 0.5) is 22.1 Å². The van der Waals surface area contributed by atoms with Gasteiger partial charge in [-0.1, -0.05) is 18.2 Å². The number of hydrogen-bond donors (Lipinski definition) is 2. The third kappa shape index (κ3) is 5.78. The van der Waals surface area contributed by atoms with Crippen LogP contribution < -0.4 is 15.4 Å². The molecule has 2 aromatic carbocycles. The Hall–Kier alpha value is -3.65. The molecule has 1 saturated heterocycles. The Morgan fingerprint density at radius 3 is 2.24 bits per heavy atom. The molecular formula is C25H30N6O2. The fraction of sp³-hybridized carbons (Fsp3) is 0.320. The topological polar surface area (TPSA) is 82.6 Å². The van der Waals surface area contributed by atoms with Gasteiger partial charge in [-0.25, -0.2) is 14.8 Å². The van der Waals surface area contributed by atoms with Gasteiger partial charge in [0.1, 0.15) is 5.75 Å². The summed E-state index contributed by atoms with van der Waals surface area (Å²) in [5.41, 5.74) is 3.46. The minimum Gasteiger partial charge on any atom is -0.497 e. The third-order valence-electron chi connectivity index (χ3n) is 5.78. The fourth-order valence-corrected chi connectivity index (χ4v) is 3.77. The van der Waals surface area contributed by atoms with Crippen molar-refractivity contribution in [1.82, 2.24) is 19.8 Å². The Kier molecular flexibility index (Phi) is 7.04. The van der Waals surface area contributed by atoms with Gasteiger partial charge in [0, 0.05) is 61.6 Å². The van der Waals surface area contributed by atoms with Gasteiger partial charge >= 0.3 is 6.03 Å². The lowest BCUT2D eigenvalue weighted by atomic mass is 10.1. The first-order valence-electron chi connectivity index (χ1n) is 11.2. The minimum absolute atomic E-state index is 0.0735. The van der Waals surface area contributed by atoms with E-state index in [4.69, 9.17) is 4.74 Å². The summed E-state index contributed by atoms with van der Waals surface area (Å²) in [5.74, 6) is 1.29. The molecule has 1 aromatic heterocycles. The first-order chi connectivity index (χ1) is 16.0. The lowest BCUT2D eigenvalue weighted by molar-refractivity contribution is 0.125. The number of benzene rings is 2. The lowest BCUT2D eigenvalue weighted by Crippen LogP contribution is -2.51. The minimum atomic E-state index is -0.0735. The molecule has 4 rings (SSSR count). The number of rotatable bonds is 6. The first-order valence-corrected chi connectivity index (χ1v) is 11.2. The quantitative estimate of drug-likeness (QED) is 0.582. The van der Waals surface area contributed by atoms with Crippen LogP contribution in [0.1, 0.15) is 13.8 Å². The molecule has 0 aliphatic carbocycles. The zero-order chi connectivity index (χ0) is 23.2. The fourth-order valence-electron chi connectivity index (χ4n) is 3.77. The molecule has 0 bridgehead atoms. The van der Waals surface area contributed by atoms with Gasteiger partial charge in [0.15, 0.2) is 0 Å². The van der Waals surface area contributed by atoms with E-state index >= 15 is 0 Å². The SMILES string of the molecule is COc1ccc(-c2cnc(Nc3cccc(NC(=O)N4CCN(C(C)C)CC4)c3)nc2)cc1. The molecule has 2 heterocycles. The van der Waals surface area contributed by atoms with Crippen molar-refractivity contribution in [3.63, 3.8) is 0 Å². The molecule has 1 aliphatic heterocycles. The summed E-state index contributed by atoms with van der Waals surface area (Å²) >= 11 is 0. The van der Waals surface area contributed by atoms with E-state index < -0.39 is 0 Å². The standard InChI is InChI=1S/C25H30N6O2/c1-18(2)30-11-13-31(14-12-30)25(32)29-22-6-4-5-21(15-22)28-24-26-16-20(17-27-24)19-7-9-23(33-3)10-8-19/h4-10,15-18H,11-14H2,1-3H3,(H,29,32)(H,26,27,28). The molecule has 3 aromatic rings. The van der Waals surface area contributed by atoms with Crippen molar-refractivity contribution in [2.75, 3.05) is 43.9 Å². The van der Waals surface area contributed by atoms with E-state index in [-0.39, 0.29) is 6.03 Å². The highest BCUT2D eigenvalue weighted by atomic mass is 16.5. The van der Waals surface area contributed by atoms with Crippen LogP contribution in [0.15, 0.2) is 60.9 Å². The average Bonchev–Trinajstić information content (AvgIpc) is 2.85. The van der Waals surface area contributed by atoms with Crippen molar-refractivity contribution in [1.29, 1.82) is 0 Å². The van der Waals surface area contributed by atoms with E-state index in [9.17, 15) is 4.79 Å². The summed E-state index contributed by atoms with van der Waals surface area (Å²) < 4.78 is 5.20. The number of hydrogen-bond acceptors (Lipinski definition) is 6. The Morgan fingerprint density at radius 2 is 1.61 bits per heavy atom. The number of nitrogens with zero attached hydrogens (tertiary/aromatic N) is 4. The number of carbonyl (C=O) groups excluding carboxylic acids is 1. The van der Waals surface area contributed by atoms with Crippen molar-refractivity contribution < 1.29 is 9.53 Å². The van der Waals surface area contributed by atoms with E-state index in [0.717, 1.165) is 54.4 Å². The number of nitrogens with one attached hydrogen (secondary N) is 2. The highest BCUT2D eigenvalue weighted by Gasteiger charge is 2.22. The summed E-state index contributed by atoms with van der Waals surface area (Å²) in [4.78, 5) is 25.8. The maximum atomic E-state index is 12.7. The zero-order valence-electron chi connectivity index (χ0n) is 19.3. The Labute approximate surface area is 194 Å². The van der Waals surface area contributed by atoms with Crippen molar-refractivity contribution in [2.24, 2.45) is 0 Å². The van der Waals surface area contributed by atoms with Gasteiger partial charge in [-0.3, -0.25) is 4.90 Å². The molecule has 0 saturated carbocycles. The smallest absolute Gasteiger partial charge is 0.321 e. The van der Waals surface area contributed by atoms with E-state index in [0.29, 0.717) is 12.0 Å². The summed E-state index contributed by atoms with van der Waals surface area (Å²) in [6.45, 7) is 7.63. The molecule has 8 heteroatoms. The normalized spacial score (nSPS) is 14.2. The Bertz CT molecular complexity index is 1060. The molecule has 0 radical (unpaired) electrons. The molecule has 1 aliphatic rings. The first kappa shape index (κ1) is 22.5. The number of urea groups is 1. The highest BCUT2D eigenvalue weighted by molar-refractivity contribution is 5.90. The second-order valence-electron chi connectivity index (χ2n) is 8.28. The molecule has 33 heavy (non-hydrogen) atoms. The molecule has 2 amide bonds. The number of aromatic nitrogens is 2. The van der Waals surface area contributed by atoms with Crippen LogP contribution >= 0.6 is 0 Å². The predicted molar refractivity (Wildman–Crippen MR) is 131 cm³/mol. The van der Waals surface area contributed by atoms with E-state index in [1.165, 1.54) is 0 Å². The van der Waals surface area contributed by atoms with Crippen LogP contribution in [0.5, 0.6) is 5.75 Å². The van der Waals surface area contributed by atoms with Gasteiger partial charge < -0.3 is 20.3 Å². The number of ether oxygens (including phenoxy) is 1. The number of piperazine rings is 1. The molecule has 172 valence electrons. The van der Waals surface area contributed by atoms with Crippen LogP contribution in [0.25, 0.3) is 11.1 Å². The molecule has 0 atom stereocenters. The zero-order valence-corrected chi connectivity index (χ0v) is 19.3. The van der Waals surface area contributed by atoms with Gasteiger partial charge in [0.25, 0.3) is 0 Å². The van der Waals surface area contributed by atoms with Crippen molar-refractivity contribution in [3.8, 4) is 16.9 Å². The van der Waals surface area contributed by atoms with Crippen molar-refractivity contribution >= 4 is 23.4 Å². The molecule has 1 fully saturated rings. The van der Waals surface area contributed by atoms with Gasteiger partial charge in [-0.05, 0) is 49.7 Å². The molecule has 2 N–H and O–H groups in total. The molecule has 0 spiro atoms. The van der Waals surface area contributed by atoms with Gasteiger partial charge in [-0.15, -0.1) is 0 Å². The van der Waals surface area contributed by atoms with E-state index in [1.54, 1.807) is 19.5 Å². The number of anilines is 3. The molecular weight excluding hydrogens is 416 g/mol. The van der Waals surface area contributed by atoms with E-state index in [1.807, 2.05) is 53.4 Å². The largest absolute Gasteiger partial charge is 0.497 e. The second kappa shape index (κ2) is 10.3. The third-order valence-corrected chi connectivity index (χ3v) is 5.78. The number of amides is 2. The van der Waals surface area contributed by atoms with Crippen LogP contribution in [-0.2, 0) is 0 Å². The van der Waals surface area contributed by atoms with Gasteiger partial charge in [0.05, 0.1) is 7.11 Å². The second-order valence-corrected chi connectivity index (χ2v) is 8.28. The van der Waals surface area contributed by atoms with Crippen LogP contribution in [-0.4, -0.2) is 65.1 Å². The van der Waals surface area contributed by atoms with Crippen molar-refractivity contribution in [3.05, 3.63) is 60.9 Å². The number of methoxy groups -OCH3 is 1. The van der Waals surface area contributed by atoms with E-state index in [2.05, 4.69) is 39.3 Å². The average molecular weight is 447 g/mol. The van der Waals surface area contributed by atoms with Crippen LogP contribution in [0.3, 0.4) is 0 Å². The highest BCUT2D eigenvalue weighted by Crippen LogP contribution is 2.23. The molecule has 0 unspecified atom stereocenters. The lowest BCUT2D eigenvalue weighted by Gasteiger charge is -2.36. The summed E-state index contributed by atoms with van der Waals surface area (Å²) in [5, 5.41) is 6.20. The van der Waals surface area contributed by atoms with Gasteiger partial charge in [-0.2, -0.15) is 0 Å². The monoisotopic (exact) mass is 446 g/mol. The molecule has 8 nitrogen and oxygen atoms in total. The maximum Gasteiger partial charge on any atom is 0.321 e. The predicted octanol–water partition coefficient (Wildman–Crippen LogP) is 4.45.